The van der Waals surface area contributed by atoms with Crippen molar-refractivity contribution in [1.29, 1.82) is 0 Å². The smallest absolute Gasteiger partial charge is 0.128 e. The molecule has 1 aromatic heterocycles. The van der Waals surface area contributed by atoms with Gasteiger partial charge in [0.25, 0.3) is 0 Å². The second kappa shape index (κ2) is 6.06. The number of aromatic nitrogens is 1. The molecule has 0 amide bonds. The Morgan fingerprint density at radius 1 is 0.630 bits per heavy atom. The topological polar surface area (TPSA) is 23.4 Å². The predicted molar refractivity (Wildman–Crippen MR) is 111 cm³/mol. The van der Waals surface area contributed by atoms with Crippen LogP contribution in [0.3, 0.4) is 0 Å². The van der Waals surface area contributed by atoms with Crippen molar-refractivity contribution >= 4 is 32.6 Å². The van der Waals surface area contributed by atoms with Crippen molar-refractivity contribution in [2.45, 2.75) is 0 Å². The van der Waals surface area contributed by atoms with Crippen LogP contribution in [0, 0.1) is 0 Å². The molecular formula is C24H19NO2. The largest absolute Gasteiger partial charge is 0.497 e. The van der Waals surface area contributed by atoms with Crippen molar-refractivity contribution in [3.63, 3.8) is 0 Å². The van der Waals surface area contributed by atoms with E-state index >= 15 is 0 Å². The van der Waals surface area contributed by atoms with E-state index in [2.05, 4.69) is 71.3 Å². The maximum Gasteiger partial charge on any atom is 0.128 e. The lowest BCUT2D eigenvalue weighted by atomic mass is 10.0. The van der Waals surface area contributed by atoms with Crippen molar-refractivity contribution in [2.75, 3.05) is 14.2 Å². The summed E-state index contributed by atoms with van der Waals surface area (Å²) in [6.07, 6.45) is 0. The van der Waals surface area contributed by atoms with Crippen molar-refractivity contribution in [3.05, 3.63) is 78.9 Å². The summed E-state index contributed by atoms with van der Waals surface area (Å²) in [6.45, 7) is 0. The van der Waals surface area contributed by atoms with Crippen LogP contribution in [-0.2, 0) is 0 Å². The summed E-state index contributed by atoms with van der Waals surface area (Å²) >= 11 is 0. The Kier molecular flexibility index (Phi) is 3.54. The number of hydrogen-bond acceptors (Lipinski definition) is 2. The fraction of sp³-hybridized carbons (Fsp3) is 0.0833. The Morgan fingerprint density at radius 3 is 2.11 bits per heavy atom. The van der Waals surface area contributed by atoms with Gasteiger partial charge in [-0.25, -0.2) is 0 Å². The van der Waals surface area contributed by atoms with E-state index in [4.69, 9.17) is 9.47 Å². The Morgan fingerprint density at radius 2 is 1.37 bits per heavy atom. The zero-order chi connectivity index (χ0) is 18.4. The number of methoxy groups -OCH3 is 2. The van der Waals surface area contributed by atoms with E-state index in [9.17, 15) is 0 Å². The number of benzene rings is 4. The molecule has 27 heavy (non-hydrogen) atoms. The van der Waals surface area contributed by atoms with Crippen LogP contribution in [0.2, 0.25) is 0 Å². The molecule has 5 aromatic rings. The third-order valence-corrected chi connectivity index (χ3v) is 5.18. The summed E-state index contributed by atoms with van der Waals surface area (Å²) in [7, 11) is 3.43. The maximum absolute atomic E-state index is 5.73. The normalized spacial score (nSPS) is 11.3. The van der Waals surface area contributed by atoms with Gasteiger partial charge in [0.05, 0.1) is 25.3 Å². The molecular weight excluding hydrogens is 334 g/mol. The third kappa shape index (κ3) is 2.28. The van der Waals surface area contributed by atoms with Crippen LogP contribution in [-0.4, -0.2) is 18.8 Å². The fourth-order valence-corrected chi connectivity index (χ4v) is 3.98. The van der Waals surface area contributed by atoms with Gasteiger partial charge in [-0.1, -0.05) is 42.5 Å². The Balaban J connectivity index is 2.06. The van der Waals surface area contributed by atoms with Crippen molar-refractivity contribution in [2.24, 2.45) is 0 Å². The van der Waals surface area contributed by atoms with E-state index in [1.54, 1.807) is 14.2 Å². The minimum Gasteiger partial charge on any atom is -0.497 e. The molecule has 3 heteroatoms. The van der Waals surface area contributed by atoms with Gasteiger partial charge < -0.3 is 14.0 Å². The fourth-order valence-electron chi connectivity index (χ4n) is 3.98. The van der Waals surface area contributed by atoms with Gasteiger partial charge in [0.1, 0.15) is 11.5 Å². The molecule has 0 bridgehead atoms. The molecule has 0 aliphatic heterocycles. The molecule has 132 valence electrons. The van der Waals surface area contributed by atoms with Gasteiger partial charge in [-0.3, -0.25) is 0 Å². The highest BCUT2D eigenvalue weighted by Crippen LogP contribution is 2.41. The van der Waals surface area contributed by atoms with Crippen molar-refractivity contribution in [1.82, 2.24) is 4.57 Å². The minimum atomic E-state index is 0.846. The highest BCUT2D eigenvalue weighted by atomic mass is 16.5. The first-order valence-corrected chi connectivity index (χ1v) is 8.95. The number of hydrogen-bond donors (Lipinski definition) is 0. The van der Waals surface area contributed by atoms with Crippen molar-refractivity contribution < 1.29 is 9.47 Å². The summed E-state index contributed by atoms with van der Waals surface area (Å²) < 4.78 is 13.5. The van der Waals surface area contributed by atoms with Gasteiger partial charge in [0, 0.05) is 34.0 Å². The van der Waals surface area contributed by atoms with E-state index in [1.807, 2.05) is 12.1 Å². The lowest BCUT2D eigenvalue weighted by Gasteiger charge is -2.11. The van der Waals surface area contributed by atoms with E-state index in [0.29, 0.717) is 0 Å². The molecule has 0 saturated heterocycles. The molecule has 0 aliphatic rings. The molecule has 0 unspecified atom stereocenters. The molecule has 0 spiro atoms. The number of ether oxygens (including phenoxy) is 2. The van der Waals surface area contributed by atoms with Crippen LogP contribution in [0.15, 0.2) is 78.9 Å². The summed E-state index contributed by atoms with van der Waals surface area (Å²) in [5, 5.41) is 4.74. The van der Waals surface area contributed by atoms with Gasteiger partial charge in [0.15, 0.2) is 0 Å². The lowest BCUT2D eigenvalue weighted by molar-refractivity contribution is 0.415. The first-order chi connectivity index (χ1) is 13.3. The summed E-state index contributed by atoms with van der Waals surface area (Å²) in [6, 6.07) is 27.2. The molecule has 1 heterocycles. The molecule has 0 saturated carbocycles. The summed E-state index contributed by atoms with van der Waals surface area (Å²) in [4.78, 5) is 0. The van der Waals surface area contributed by atoms with E-state index in [-0.39, 0.29) is 0 Å². The highest BCUT2D eigenvalue weighted by molar-refractivity contribution is 6.22. The SMILES string of the molecule is COc1ccc2c3c4ccccc4c(OC)cc3n(-c3ccccc3)c2c1. The van der Waals surface area contributed by atoms with Crippen LogP contribution >= 0.6 is 0 Å². The number of fused-ring (bicyclic) bond motifs is 5. The lowest BCUT2D eigenvalue weighted by Crippen LogP contribution is -1.94. The van der Waals surface area contributed by atoms with Gasteiger partial charge in [-0.15, -0.1) is 0 Å². The van der Waals surface area contributed by atoms with Gasteiger partial charge in [-0.2, -0.15) is 0 Å². The monoisotopic (exact) mass is 353 g/mol. The molecule has 0 N–H and O–H groups in total. The highest BCUT2D eigenvalue weighted by Gasteiger charge is 2.17. The summed E-state index contributed by atoms with van der Waals surface area (Å²) in [5.41, 5.74) is 3.36. The van der Waals surface area contributed by atoms with Crippen molar-refractivity contribution in [3.8, 4) is 17.2 Å². The quantitative estimate of drug-likeness (QED) is 0.400. The average molecular weight is 353 g/mol. The van der Waals surface area contributed by atoms with Crippen LogP contribution in [0.4, 0.5) is 0 Å². The van der Waals surface area contributed by atoms with Crippen LogP contribution in [0.1, 0.15) is 0 Å². The molecule has 0 fully saturated rings. The van der Waals surface area contributed by atoms with E-state index in [0.717, 1.165) is 33.6 Å². The molecule has 0 atom stereocenters. The van der Waals surface area contributed by atoms with E-state index in [1.165, 1.54) is 16.2 Å². The third-order valence-electron chi connectivity index (χ3n) is 5.18. The van der Waals surface area contributed by atoms with Crippen LogP contribution in [0.25, 0.3) is 38.3 Å². The number of nitrogens with zero attached hydrogens (tertiary/aromatic N) is 1. The van der Waals surface area contributed by atoms with Crippen LogP contribution in [0.5, 0.6) is 11.5 Å². The molecule has 5 rings (SSSR count). The second-order valence-electron chi connectivity index (χ2n) is 6.57. The maximum atomic E-state index is 5.73. The molecule has 3 nitrogen and oxygen atoms in total. The second-order valence-corrected chi connectivity index (χ2v) is 6.57. The Labute approximate surface area is 157 Å². The van der Waals surface area contributed by atoms with Gasteiger partial charge in [0.2, 0.25) is 0 Å². The van der Waals surface area contributed by atoms with Gasteiger partial charge in [-0.05, 0) is 29.7 Å². The first kappa shape index (κ1) is 15.8. The Hall–Kier alpha value is -3.46. The Bertz CT molecular complexity index is 1290. The number of rotatable bonds is 3. The predicted octanol–water partition coefficient (Wildman–Crippen LogP) is 5.95. The molecule has 0 aliphatic carbocycles. The van der Waals surface area contributed by atoms with Crippen LogP contribution < -0.4 is 9.47 Å². The zero-order valence-corrected chi connectivity index (χ0v) is 15.3. The molecule has 0 radical (unpaired) electrons. The molecule has 4 aromatic carbocycles. The zero-order valence-electron chi connectivity index (χ0n) is 15.3. The average Bonchev–Trinajstić information content (AvgIpc) is 3.07. The van der Waals surface area contributed by atoms with Gasteiger partial charge >= 0.3 is 0 Å². The first-order valence-electron chi connectivity index (χ1n) is 8.95. The summed E-state index contributed by atoms with van der Waals surface area (Å²) in [5.74, 6) is 1.73. The number of para-hydroxylation sites is 1. The van der Waals surface area contributed by atoms with E-state index < -0.39 is 0 Å². The standard InChI is InChI=1S/C24H19NO2/c1-26-17-12-13-20-21(14-17)25(16-8-4-3-5-9-16)22-15-23(27-2)18-10-6-7-11-19(18)24(20)22/h3-15H,1-2H3. The minimum absolute atomic E-state index is 0.846.